The van der Waals surface area contributed by atoms with E-state index < -0.39 is 49.4 Å². The van der Waals surface area contributed by atoms with Crippen molar-refractivity contribution in [3.8, 4) is 0 Å². The Kier molecular flexibility index (Phi) is 27.9. The third kappa shape index (κ3) is 22.3. The molecule has 6 unspecified atom stereocenters. The number of aliphatic hydroxyl groups is 4. The molecule has 0 amide bonds. The number of carbonyl (C=O) groups is 1. The minimum atomic E-state index is -1.55. The number of rotatable bonds is 28. The summed E-state index contributed by atoms with van der Waals surface area (Å²) < 4.78 is 22.4. The van der Waals surface area contributed by atoms with Crippen LogP contribution in [0.15, 0.2) is 72.9 Å². The fourth-order valence-electron chi connectivity index (χ4n) is 4.81. The maximum absolute atomic E-state index is 12.6. The van der Waals surface area contributed by atoms with E-state index in [1.807, 2.05) is 12.2 Å². The van der Waals surface area contributed by atoms with E-state index in [0.29, 0.717) is 13.0 Å². The Morgan fingerprint density at radius 2 is 1.23 bits per heavy atom. The molecule has 1 aliphatic heterocycles. The summed E-state index contributed by atoms with van der Waals surface area (Å²) >= 11 is 0. The van der Waals surface area contributed by atoms with Gasteiger partial charge in [0.2, 0.25) is 0 Å². The van der Waals surface area contributed by atoms with Crippen molar-refractivity contribution in [2.24, 2.45) is 0 Å². The van der Waals surface area contributed by atoms with Gasteiger partial charge in [-0.3, -0.25) is 4.79 Å². The number of hydrogen-bond acceptors (Lipinski definition) is 9. The molecule has 1 saturated heterocycles. The Balaban J connectivity index is 2.37. The van der Waals surface area contributed by atoms with Crippen LogP contribution in [0.2, 0.25) is 0 Å². The van der Waals surface area contributed by atoms with Gasteiger partial charge in [-0.25, -0.2) is 0 Å². The number of hydrogen-bond donors (Lipinski definition) is 4. The summed E-state index contributed by atoms with van der Waals surface area (Å²) in [5, 5.41) is 39.7. The summed E-state index contributed by atoms with van der Waals surface area (Å²) in [6.45, 7) is 4.25. The molecule has 1 fully saturated rings. The van der Waals surface area contributed by atoms with Gasteiger partial charge in [-0.1, -0.05) is 119 Å². The lowest BCUT2D eigenvalue weighted by atomic mass is 9.99. The fraction of sp³-hybridized carbons (Fsp3) is 0.667. The lowest BCUT2D eigenvalue weighted by molar-refractivity contribution is -0.305. The van der Waals surface area contributed by atoms with Crippen LogP contribution in [0.4, 0.5) is 0 Å². The van der Waals surface area contributed by atoms with E-state index in [9.17, 15) is 25.2 Å². The molecule has 48 heavy (non-hydrogen) atoms. The van der Waals surface area contributed by atoms with Gasteiger partial charge in [0.05, 0.1) is 19.8 Å². The summed E-state index contributed by atoms with van der Waals surface area (Å²) in [6.07, 6.45) is 31.0. The van der Waals surface area contributed by atoms with Crippen LogP contribution >= 0.6 is 0 Å². The molecule has 9 nitrogen and oxygen atoms in total. The summed E-state index contributed by atoms with van der Waals surface area (Å²) in [5.74, 6) is -0.403. The second-order valence-electron chi connectivity index (χ2n) is 11.9. The molecule has 0 spiro atoms. The first-order valence-electron chi connectivity index (χ1n) is 18.0. The highest BCUT2D eigenvalue weighted by molar-refractivity contribution is 5.69. The zero-order chi connectivity index (χ0) is 35.1. The predicted octanol–water partition coefficient (Wildman–Crippen LogP) is 6.57. The molecule has 0 bridgehead atoms. The molecule has 9 heteroatoms. The van der Waals surface area contributed by atoms with Crippen LogP contribution in [0.1, 0.15) is 104 Å². The Morgan fingerprint density at radius 3 is 1.79 bits per heavy atom. The lowest BCUT2D eigenvalue weighted by Gasteiger charge is -2.39. The minimum Gasteiger partial charge on any atom is -0.457 e. The van der Waals surface area contributed by atoms with Crippen LogP contribution in [0, 0.1) is 0 Å². The molecule has 274 valence electrons. The van der Waals surface area contributed by atoms with Crippen molar-refractivity contribution in [3.05, 3.63) is 72.9 Å². The Bertz CT molecular complexity index is 953. The van der Waals surface area contributed by atoms with Gasteiger partial charge >= 0.3 is 5.97 Å². The molecular formula is C39H64O9. The Morgan fingerprint density at radius 1 is 0.688 bits per heavy atom. The van der Waals surface area contributed by atoms with Crippen LogP contribution in [0.5, 0.6) is 0 Å². The number of esters is 1. The van der Waals surface area contributed by atoms with Crippen LogP contribution < -0.4 is 0 Å². The van der Waals surface area contributed by atoms with Crippen molar-refractivity contribution < 1.29 is 44.2 Å². The van der Waals surface area contributed by atoms with Crippen molar-refractivity contribution in [3.63, 3.8) is 0 Å². The van der Waals surface area contributed by atoms with Crippen molar-refractivity contribution in [2.45, 2.75) is 141 Å². The summed E-state index contributed by atoms with van der Waals surface area (Å²) in [6, 6.07) is 0. The van der Waals surface area contributed by atoms with Crippen molar-refractivity contribution in [1.29, 1.82) is 0 Å². The van der Waals surface area contributed by atoms with Crippen LogP contribution in [0.3, 0.4) is 0 Å². The first-order valence-corrected chi connectivity index (χ1v) is 18.0. The molecule has 0 saturated carbocycles. The van der Waals surface area contributed by atoms with E-state index in [4.69, 9.17) is 18.9 Å². The Hall–Kier alpha value is -2.37. The van der Waals surface area contributed by atoms with E-state index >= 15 is 0 Å². The molecule has 1 rings (SSSR count). The molecule has 4 N–H and O–H groups in total. The smallest absolute Gasteiger partial charge is 0.306 e. The maximum Gasteiger partial charge on any atom is 0.306 e. The van der Waals surface area contributed by atoms with Gasteiger partial charge < -0.3 is 39.4 Å². The topological polar surface area (TPSA) is 135 Å². The highest BCUT2D eigenvalue weighted by atomic mass is 16.7. The van der Waals surface area contributed by atoms with Gasteiger partial charge in [0.25, 0.3) is 0 Å². The molecule has 0 radical (unpaired) electrons. The van der Waals surface area contributed by atoms with Gasteiger partial charge in [-0.05, 0) is 51.4 Å². The quantitative estimate of drug-likeness (QED) is 0.0412. The Labute approximate surface area is 289 Å². The van der Waals surface area contributed by atoms with Gasteiger partial charge in [-0.2, -0.15) is 0 Å². The lowest BCUT2D eigenvalue weighted by Crippen LogP contribution is -2.59. The summed E-state index contributed by atoms with van der Waals surface area (Å²) in [4.78, 5) is 12.6. The molecule has 1 aliphatic rings. The molecule has 0 aromatic carbocycles. The largest absolute Gasteiger partial charge is 0.457 e. The zero-order valence-electron chi connectivity index (χ0n) is 29.5. The minimum absolute atomic E-state index is 0.109. The average molecular weight is 677 g/mol. The third-order valence-electron chi connectivity index (χ3n) is 7.65. The second kappa shape index (κ2) is 30.7. The van der Waals surface area contributed by atoms with E-state index in [2.05, 4.69) is 74.6 Å². The number of carbonyl (C=O) groups excluding carboxylic acids is 1. The standard InChI is InChI=1S/C39H64O9/c1-3-5-7-9-11-12-13-14-15-16-17-18-19-20-21-22-23-24-26-28-35(41)47-33(31-45-29-27-25-10-8-6-4-2)32-46-39-38(44)37(43)36(42)34(30-40)48-39/h5,7,11-12,14-15,17-18,20-21,23-24,33-34,36-40,42-44H,3-4,6,8-10,13,16,19,22,25-32H2,1-2H3/b7-5-,12-11-,15-14-,18-17-,21-20-,24-23-. The number of allylic oxidation sites excluding steroid dienone is 12. The van der Waals surface area contributed by atoms with Crippen molar-refractivity contribution >= 4 is 5.97 Å². The van der Waals surface area contributed by atoms with E-state index in [1.54, 1.807) is 0 Å². The highest BCUT2D eigenvalue weighted by Gasteiger charge is 2.44. The average Bonchev–Trinajstić information content (AvgIpc) is 3.08. The molecule has 1 heterocycles. The van der Waals surface area contributed by atoms with Gasteiger partial charge in [-0.15, -0.1) is 0 Å². The van der Waals surface area contributed by atoms with Crippen LogP contribution in [-0.2, 0) is 23.7 Å². The van der Waals surface area contributed by atoms with E-state index in [1.165, 1.54) is 19.3 Å². The van der Waals surface area contributed by atoms with Gasteiger partial charge in [0.15, 0.2) is 6.29 Å². The summed E-state index contributed by atoms with van der Waals surface area (Å²) in [5.41, 5.74) is 0. The number of aliphatic hydroxyl groups excluding tert-OH is 4. The molecule has 0 aromatic rings. The molecule has 0 aromatic heterocycles. The molecular weight excluding hydrogens is 612 g/mol. The maximum atomic E-state index is 12.6. The van der Waals surface area contributed by atoms with E-state index in [-0.39, 0.29) is 19.6 Å². The van der Waals surface area contributed by atoms with Crippen LogP contribution in [0.25, 0.3) is 0 Å². The normalized spacial score (nSPS) is 22.8. The fourth-order valence-corrected chi connectivity index (χ4v) is 4.81. The van der Waals surface area contributed by atoms with Crippen molar-refractivity contribution in [2.75, 3.05) is 26.4 Å². The first kappa shape index (κ1) is 43.7. The molecule has 0 aliphatic carbocycles. The first-order chi connectivity index (χ1) is 23.4. The number of unbranched alkanes of at least 4 members (excludes halogenated alkanes) is 5. The number of ether oxygens (including phenoxy) is 4. The molecule has 6 atom stereocenters. The van der Waals surface area contributed by atoms with Crippen LogP contribution in [-0.4, -0.2) is 89.6 Å². The van der Waals surface area contributed by atoms with E-state index in [0.717, 1.165) is 57.8 Å². The predicted molar refractivity (Wildman–Crippen MR) is 191 cm³/mol. The summed E-state index contributed by atoms with van der Waals surface area (Å²) in [7, 11) is 0. The van der Waals surface area contributed by atoms with Crippen molar-refractivity contribution in [1.82, 2.24) is 0 Å². The third-order valence-corrected chi connectivity index (χ3v) is 7.65. The SMILES string of the molecule is CC/C=C\C/C=C\C/C=C\C/C=C\C/C=C\C/C=C\CCC(=O)OC(COCCCCCCCC)COC1OC(CO)C(O)C(O)C1O. The van der Waals surface area contributed by atoms with Gasteiger partial charge in [0.1, 0.15) is 30.5 Å². The zero-order valence-corrected chi connectivity index (χ0v) is 29.5. The van der Waals surface area contributed by atoms with Gasteiger partial charge in [0, 0.05) is 13.0 Å². The highest BCUT2D eigenvalue weighted by Crippen LogP contribution is 2.22. The monoisotopic (exact) mass is 676 g/mol. The second-order valence-corrected chi connectivity index (χ2v) is 11.9.